The molecule has 16 heavy (non-hydrogen) atoms. The highest BCUT2D eigenvalue weighted by atomic mass is 79.9. The summed E-state index contributed by atoms with van der Waals surface area (Å²) in [5, 5.41) is 0. The summed E-state index contributed by atoms with van der Waals surface area (Å²) in [5.41, 5.74) is 0.221. The minimum absolute atomic E-state index is 0.298. The molecule has 0 aliphatic carbocycles. The number of rotatable bonds is 1. The van der Waals surface area contributed by atoms with E-state index in [9.17, 15) is 9.18 Å². The average molecular weight is 348 g/mol. The summed E-state index contributed by atoms with van der Waals surface area (Å²) in [5.74, 6) is -0.0670. The highest BCUT2D eigenvalue weighted by molar-refractivity contribution is 9.10. The first kappa shape index (κ1) is 11.5. The van der Waals surface area contributed by atoms with Crippen molar-refractivity contribution in [2.24, 2.45) is 0 Å². The number of aromatic amines is 1. The molecule has 0 bridgehead atoms. The monoisotopic (exact) mass is 346 g/mol. The number of nitrogens with zero attached hydrogens (tertiary/aromatic N) is 1. The SMILES string of the molecule is O=c1[nH]c(-c2ccc(Br)c(F)c2)ncc1Br. The molecule has 1 aromatic carbocycles. The molecule has 0 spiro atoms. The van der Waals surface area contributed by atoms with E-state index >= 15 is 0 Å². The number of hydrogen-bond donors (Lipinski definition) is 1. The van der Waals surface area contributed by atoms with Crippen LogP contribution in [0.4, 0.5) is 4.39 Å². The Morgan fingerprint density at radius 2 is 2.00 bits per heavy atom. The van der Waals surface area contributed by atoms with Gasteiger partial charge in [-0.15, -0.1) is 0 Å². The maximum Gasteiger partial charge on any atom is 0.265 e. The molecule has 0 aliphatic heterocycles. The summed E-state index contributed by atoms with van der Waals surface area (Å²) in [6.07, 6.45) is 1.38. The average Bonchev–Trinajstić information content (AvgIpc) is 2.26. The van der Waals surface area contributed by atoms with Crippen LogP contribution in [0.5, 0.6) is 0 Å². The zero-order valence-electron chi connectivity index (χ0n) is 7.80. The molecule has 0 radical (unpaired) electrons. The van der Waals surface area contributed by atoms with Crippen LogP contribution < -0.4 is 5.56 Å². The van der Waals surface area contributed by atoms with Gasteiger partial charge in [-0.2, -0.15) is 0 Å². The van der Waals surface area contributed by atoms with Gasteiger partial charge in [0.25, 0.3) is 5.56 Å². The lowest BCUT2D eigenvalue weighted by Gasteiger charge is -2.01. The van der Waals surface area contributed by atoms with Crippen molar-refractivity contribution in [1.82, 2.24) is 9.97 Å². The first-order valence-corrected chi connectivity index (χ1v) is 5.87. The summed E-state index contributed by atoms with van der Waals surface area (Å²) in [6, 6.07) is 4.53. The molecular weight excluding hydrogens is 343 g/mol. The maximum atomic E-state index is 13.3. The molecule has 6 heteroatoms. The van der Waals surface area contributed by atoms with Crippen LogP contribution in [-0.2, 0) is 0 Å². The lowest BCUT2D eigenvalue weighted by atomic mass is 10.2. The van der Waals surface area contributed by atoms with Crippen LogP contribution in [0.2, 0.25) is 0 Å². The van der Waals surface area contributed by atoms with Crippen LogP contribution in [0, 0.1) is 5.82 Å². The Kier molecular flexibility index (Phi) is 3.20. The Balaban J connectivity index is 2.55. The van der Waals surface area contributed by atoms with Crippen molar-refractivity contribution in [3.63, 3.8) is 0 Å². The van der Waals surface area contributed by atoms with E-state index in [2.05, 4.69) is 41.8 Å². The molecule has 0 amide bonds. The van der Waals surface area contributed by atoms with Gasteiger partial charge in [0.1, 0.15) is 16.1 Å². The van der Waals surface area contributed by atoms with E-state index < -0.39 is 5.82 Å². The first-order valence-electron chi connectivity index (χ1n) is 4.28. The van der Waals surface area contributed by atoms with E-state index in [1.165, 1.54) is 12.3 Å². The normalized spacial score (nSPS) is 10.4. The van der Waals surface area contributed by atoms with Gasteiger partial charge < -0.3 is 4.98 Å². The minimum Gasteiger partial charge on any atom is -0.306 e. The summed E-state index contributed by atoms with van der Waals surface area (Å²) in [4.78, 5) is 17.9. The third-order valence-electron chi connectivity index (χ3n) is 1.95. The fourth-order valence-corrected chi connectivity index (χ4v) is 1.62. The van der Waals surface area contributed by atoms with E-state index in [0.717, 1.165) is 0 Å². The fraction of sp³-hybridized carbons (Fsp3) is 0. The maximum absolute atomic E-state index is 13.3. The molecule has 0 saturated heterocycles. The summed E-state index contributed by atoms with van der Waals surface area (Å²) < 4.78 is 14.0. The van der Waals surface area contributed by atoms with E-state index in [-0.39, 0.29) is 5.56 Å². The van der Waals surface area contributed by atoms with E-state index in [1.54, 1.807) is 12.1 Å². The largest absolute Gasteiger partial charge is 0.306 e. The quantitative estimate of drug-likeness (QED) is 0.861. The highest BCUT2D eigenvalue weighted by Crippen LogP contribution is 2.21. The molecule has 82 valence electrons. The second-order valence-electron chi connectivity index (χ2n) is 3.04. The molecule has 0 fully saturated rings. The molecule has 2 aromatic rings. The third-order valence-corrected chi connectivity index (χ3v) is 3.16. The van der Waals surface area contributed by atoms with Gasteiger partial charge in [0, 0.05) is 11.8 Å². The molecule has 1 aromatic heterocycles. The first-order chi connectivity index (χ1) is 7.58. The van der Waals surface area contributed by atoms with E-state index in [0.29, 0.717) is 20.3 Å². The highest BCUT2D eigenvalue weighted by Gasteiger charge is 2.05. The van der Waals surface area contributed by atoms with Gasteiger partial charge >= 0.3 is 0 Å². The van der Waals surface area contributed by atoms with Crippen molar-refractivity contribution < 1.29 is 4.39 Å². The van der Waals surface area contributed by atoms with Crippen molar-refractivity contribution in [2.45, 2.75) is 0 Å². The zero-order valence-corrected chi connectivity index (χ0v) is 11.0. The van der Waals surface area contributed by atoms with Crippen molar-refractivity contribution in [3.8, 4) is 11.4 Å². The molecule has 1 heterocycles. The van der Waals surface area contributed by atoms with Gasteiger partial charge in [0.05, 0.1) is 4.47 Å². The molecule has 1 N–H and O–H groups in total. The number of benzene rings is 1. The van der Waals surface area contributed by atoms with Crippen molar-refractivity contribution in [1.29, 1.82) is 0 Å². The molecule has 0 aliphatic rings. The van der Waals surface area contributed by atoms with Crippen LogP contribution in [-0.4, -0.2) is 9.97 Å². The van der Waals surface area contributed by atoms with Crippen LogP contribution in [0.25, 0.3) is 11.4 Å². The van der Waals surface area contributed by atoms with E-state index in [1.807, 2.05) is 0 Å². The Labute approximate surface area is 107 Å². The van der Waals surface area contributed by atoms with Gasteiger partial charge in [0.15, 0.2) is 0 Å². The molecule has 0 unspecified atom stereocenters. The Morgan fingerprint density at radius 1 is 1.25 bits per heavy atom. The van der Waals surface area contributed by atoms with Crippen molar-refractivity contribution in [3.05, 3.63) is 49.5 Å². The van der Waals surface area contributed by atoms with Crippen LogP contribution >= 0.6 is 31.9 Å². The van der Waals surface area contributed by atoms with Gasteiger partial charge in [-0.05, 0) is 50.1 Å². The van der Waals surface area contributed by atoms with Gasteiger partial charge in [-0.25, -0.2) is 9.37 Å². The summed E-state index contributed by atoms with van der Waals surface area (Å²) in [7, 11) is 0. The number of halogens is 3. The van der Waals surface area contributed by atoms with Crippen molar-refractivity contribution >= 4 is 31.9 Å². The molecule has 3 nitrogen and oxygen atoms in total. The van der Waals surface area contributed by atoms with Gasteiger partial charge in [0.2, 0.25) is 0 Å². The Morgan fingerprint density at radius 3 is 2.62 bits per heavy atom. The smallest absolute Gasteiger partial charge is 0.265 e. The number of H-pyrrole nitrogens is 1. The molecule has 2 rings (SSSR count). The van der Waals surface area contributed by atoms with Gasteiger partial charge in [-0.3, -0.25) is 4.79 Å². The minimum atomic E-state index is -0.400. The molecule has 0 saturated carbocycles. The lowest BCUT2D eigenvalue weighted by Crippen LogP contribution is -2.08. The molecular formula is C10H5Br2FN2O. The topological polar surface area (TPSA) is 45.8 Å². The zero-order chi connectivity index (χ0) is 11.7. The van der Waals surface area contributed by atoms with Crippen LogP contribution in [0.3, 0.4) is 0 Å². The summed E-state index contributed by atoms with van der Waals surface area (Å²) in [6.45, 7) is 0. The Bertz CT molecular complexity index is 598. The second-order valence-corrected chi connectivity index (χ2v) is 4.75. The fourth-order valence-electron chi connectivity index (χ4n) is 1.17. The van der Waals surface area contributed by atoms with Gasteiger partial charge in [-0.1, -0.05) is 0 Å². The summed E-state index contributed by atoms with van der Waals surface area (Å²) >= 11 is 6.09. The standard InChI is InChI=1S/C10H5Br2FN2O/c11-6-2-1-5(3-8(6)13)9-14-4-7(12)10(16)15-9/h1-4H,(H,14,15,16). The Hall–Kier alpha value is -1.01. The van der Waals surface area contributed by atoms with Crippen LogP contribution in [0.1, 0.15) is 0 Å². The van der Waals surface area contributed by atoms with E-state index in [4.69, 9.17) is 0 Å². The van der Waals surface area contributed by atoms with Crippen LogP contribution in [0.15, 0.2) is 38.1 Å². The predicted octanol–water partition coefficient (Wildman–Crippen LogP) is 3.10. The lowest BCUT2D eigenvalue weighted by molar-refractivity contribution is 0.621. The second kappa shape index (κ2) is 4.47. The van der Waals surface area contributed by atoms with Crippen molar-refractivity contribution in [2.75, 3.05) is 0 Å². The number of aromatic nitrogens is 2. The number of nitrogens with one attached hydrogen (secondary N) is 1. The molecule has 0 atom stereocenters. The number of hydrogen-bond acceptors (Lipinski definition) is 2. The third kappa shape index (κ3) is 2.22. The predicted molar refractivity (Wildman–Crippen MR) is 65.7 cm³/mol.